The Kier molecular flexibility index (Phi) is 31.8. The van der Waals surface area contributed by atoms with Crippen LogP contribution in [0, 0.1) is 10.8 Å². The summed E-state index contributed by atoms with van der Waals surface area (Å²) in [5, 5.41) is 0. The number of anilines is 3. The molecule has 0 unspecified atom stereocenters. The van der Waals surface area contributed by atoms with Gasteiger partial charge in [0.25, 0.3) is 0 Å². The van der Waals surface area contributed by atoms with E-state index in [1.807, 2.05) is 0 Å². The third-order valence-electron chi connectivity index (χ3n) is 26.9. The third-order valence-corrected chi connectivity index (χ3v) is 26.9. The lowest BCUT2D eigenvalue weighted by Gasteiger charge is -2.40. The molecule has 0 amide bonds. The molecule has 4 aliphatic rings. The second-order valence-electron chi connectivity index (χ2n) is 35.2. The number of ether oxygens (including phenoxy) is 6. The number of fused-ring (bicyclic) bond motifs is 6. The molecule has 0 aromatic heterocycles. The van der Waals surface area contributed by atoms with E-state index in [2.05, 4.69) is 247 Å². The Labute approximate surface area is 694 Å². The average molecular weight is 1550 g/mol. The van der Waals surface area contributed by atoms with Gasteiger partial charge in [0.15, 0.2) is 0 Å². The molecule has 2 aliphatic heterocycles. The van der Waals surface area contributed by atoms with Crippen molar-refractivity contribution in [2.75, 3.05) is 58.1 Å². The van der Waals surface area contributed by atoms with Crippen molar-refractivity contribution in [3.63, 3.8) is 0 Å². The normalized spacial score (nSPS) is 15.1. The maximum atomic E-state index is 6.06. The maximum absolute atomic E-state index is 6.06. The van der Waals surface area contributed by atoms with Gasteiger partial charge in [-0.3, -0.25) is 0 Å². The first kappa shape index (κ1) is 85.4. The standard InChI is InChI=1S/C108H139NO6/c1-8-15-20-24-28-32-65-107(66-33-29-25-21-16-9-2)101-69-90(86-43-37-84(38-44-86)73-110-81-114-79-105(13-6)75-112-76-105)51-61-97(101)99-63-53-92(71-103(99)107)88-47-57-95(58-48-88)109(94-55-41-83(42-56-94)36-19-12-5)96-59-49-89(50-60-96)93-54-64-100-98-62-52-91(87-45-39-85(40-46-87)74-111-82-115-80-106(14-7)77-113-78-106)70-102(98)108(104(100)72-93,67-34-30-26-22-17-10-3)68-35-31-27-23-18-11-4/h37-64,69-72H,8-36,65-68,73-82H2,1-7H3. The molecule has 612 valence electrons. The summed E-state index contributed by atoms with van der Waals surface area (Å²) in [6.45, 7) is 22.2. The fraction of sp³-hybridized carbons (Fsp3) is 0.500. The SMILES string of the molecule is CCCCCCCCC1(CCCCCCCC)c2cc(-c3ccc(COCOCC4(CC)COC4)cc3)ccc2-c2ccc(-c3ccc(N(c4ccc(CCCC)cc4)c4ccc(-c5ccc6c(c5)C(CCCCCCCC)(CCCCCCCC)c5cc(-c7ccc(COCOCC8(CC)COC8)cc7)ccc5-6)cc4)cc3)cc21. The van der Waals surface area contributed by atoms with Crippen molar-refractivity contribution in [1.82, 2.24) is 0 Å². The van der Waals surface area contributed by atoms with Crippen molar-refractivity contribution < 1.29 is 28.4 Å². The summed E-state index contributed by atoms with van der Waals surface area (Å²) in [5.74, 6) is 0. The average Bonchev–Trinajstić information content (AvgIpc) is 1.57. The Morgan fingerprint density at radius 2 is 0.530 bits per heavy atom. The highest BCUT2D eigenvalue weighted by molar-refractivity contribution is 5.89. The van der Waals surface area contributed by atoms with Crippen molar-refractivity contribution in [3.05, 3.63) is 233 Å². The number of hydrogen-bond acceptors (Lipinski definition) is 7. The highest BCUT2D eigenvalue weighted by Gasteiger charge is 2.45. The first-order valence-corrected chi connectivity index (χ1v) is 45.9. The summed E-state index contributed by atoms with van der Waals surface area (Å²) >= 11 is 0. The minimum atomic E-state index is -0.0840. The molecule has 115 heavy (non-hydrogen) atoms. The van der Waals surface area contributed by atoms with Crippen LogP contribution in [0.25, 0.3) is 66.8 Å². The minimum absolute atomic E-state index is 0.0840. The van der Waals surface area contributed by atoms with Gasteiger partial charge >= 0.3 is 0 Å². The van der Waals surface area contributed by atoms with E-state index in [0.717, 1.165) is 68.2 Å². The summed E-state index contributed by atoms with van der Waals surface area (Å²) < 4.78 is 35.2. The summed E-state index contributed by atoms with van der Waals surface area (Å²) in [4.78, 5) is 2.49. The first-order valence-electron chi connectivity index (χ1n) is 45.9. The number of rotatable bonds is 52. The van der Waals surface area contributed by atoms with Gasteiger partial charge in [-0.15, -0.1) is 0 Å². The Balaban J connectivity index is 0.793. The first-order chi connectivity index (χ1) is 56.6. The maximum Gasteiger partial charge on any atom is 0.147 e. The van der Waals surface area contributed by atoms with E-state index in [4.69, 9.17) is 28.4 Å². The zero-order chi connectivity index (χ0) is 79.6. The number of nitrogens with zero attached hydrogens (tertiary/aromatic N) is 1. The van der Waals surface area contributed by atoms with Gasteiger partial charge in [-0.2, -0.15) is 0 Å². The van der Waals surface area contributed by atoms with Gasteiger partial charge in [-0.1, -0.05) is 342 Å². The zero-order valence-electron chi connectivity index (χ0n) is 71.8. The Morgan fingerprint density at radius 1 is 0.270 bits per heavy atom. The number of unbranched alkanes of at least 4 members (excludes halogenated alkanes) is 21. The molecule has 2 aliphatic carbocycles. The largest absolute Gasteiger partial charge is 0.380 e. The molecule has 13 rings (SSSR count). The summed E-state index contributed by atoms with van der Waals surface area (Å²) in [5.41, 5.74) is 29.3. The molecular weight excluding hydrogens is 1410 g/mol. The summed E-state index contributed by atoms with van der Waals surface area (Å²) in [6.07, 6.45) is 41.2. The van der Waals surface area contributed by atoms with Crippen LogP contribution in [-0.2, 0) is 58.9 Å². The van der Waals surface area contributed by atoms with Crippen LogP contribution in [0.4, 0.5) is 17.1 Å². The van der Waals surface area contributed by atoms with Crippen molar-refractivity contribution >= 4 is 17.1 Å². The molecule has 9 aromatic carbocycles. The van der Waals surface area contributed by atoms with Crippen molar-refractivity contribution in [1.29, 1.82) is 0 Å². The van der Waals surface area contributed by atoms with E-state index >= 15 is 0 Å². The van der Waals surface area contributed by atoms with Crippen LogP contribution >= 0.6 is 0 Å². The molecule has 0 spiro atoms. The Bertz CT molecular complexity index is 4110. The van der Waals surface area contributed by atoms with E-state index in [1.165, 1.54) is 293 Å². The molecule has 2 fully saturated rings. The lowest BCUT2D eigenvalue weighted by molar-refractivity contribution is -0.174. The second-order valence-corrected chi connectivity index (χ2v) is 35.2. The smallest absolute Gasteiger partial charge is 0.147 e. The van der Waals surface area contributed by atoms with Crippen molar-refractivity contribution in [3.8, 4) is 66.8 Å². The highest BCUT2D eigenvalue weighted by Crippen LogP contribution is 2.58. The molecule has 7 nitrogen and oxygen atoms in total. The summed E-state index contributed by atoms with van der Waals surface area (Å²) in [7, 11) is 0. The lowest BCUT2D eigenvalue weighted by atomic mass is 9.70. The molecule has 0 bridgehead atoms. The molecule has 2 heterocycles. The number of aryl methyl sites for hydroxylation is 1. The Morgan fingerprint density at radius 3 is 0.809 bits per heavy atom. The van der Waals surface area contributed by atoms with Crippen LogP contribution < -0.4 is 4.90 Å². The molecule has 2 saturated heterocycles. The van der Waals surface area contributed by atoms with Crippen LogP contribution in [0.1, 0.15) is 293 Å². The van der Waals surface area contributed by atoms with Gasteiger partial charge < -0.3 is 33.3 Å². The summed E-state index contributed by atoms with van der Waals surface area (Å²) in [6, 6.07) is 76.8. The van der Waals surface area contributed by atoms with Gasteiger partial charge in [-0.05, 0) is 218 Å². The number of hydrogen-bond donors (Lipinski definition) is 0. The fourth-order valence-corrected chi connectivity index (χ4v) is 19.2. The number of benzene rings is 9. The molecule has 9 aromatic rings. The Hall–Kier alpha value is -7.46. The molecular formula is C108H139NO6. The van der Waals surface area contributed by atoms with Gasteiger partial charge in [0.1, 0.15) is 13.6 Å². The lowest BCUT2D eigenvalue weighted by Crippen LogP contribution is -2.45. The molecule has 0 radical (unpaired) electrons. The topological polar surface area (TPSA) is 58.6 Å². The zero-order valence-corrected chi connectivity index (χ0v) is 71.8. The van der Waals surface area contributed by atoms with E-state index < -0.39 is 0 Å². The van der Waals surface area contributed by atoms with Gasteiger partial charge in [-0.25, -0.2) is 0 Å². The minimum Gasteiger partial charge on any atom is -0.380 e. The molecule has 7 heteroatoms. The second kappa shape index (κ2) is 42.8. The highest BCUT2D eigenvalue weighted by atomic mass is 16.7. The van der Waals surface area contributed by atoms with E-state index in [0.29, 0.717) is 40.0 Å². The van der Waals surface area contributed by atoms with Crippen LogP contribution in [-0.4, -0.2) is 53.2 Å². The molecule has 0 saturated carbocycles. The molecule has 0 N–H and O–H groups in total. The monoisotopic (exact) mass is 1550 g/mol. The van der Waals surface area contributed by atoms with Crippen LogP contribution in [0.3, 0.4) is 0 Å². The van der Waals surface area contributed by atoms with Gasteiger partial charge in [0, 0.05) is 38.7 Å². The van der Waals surface area contributed by atoms with Crippen LogP contribution in [0.15, 0.2) is 194 Å². The predicted molar refractivity (Wildman–Crippen MR) is 484 cm³/mol. The van der Waals surface area contributed by atoms with Crippen molar-refractivity contribution in [2.45, 2.75) is 284 Å². The van der Waals surface area contributed by atoms with Gasteiger partial charge in [0.2, 0.25) is 0 Å². The predicted octanol–water partition coefficient (Wildman–Crippen LogP) is 30.5. The van der Waals surface area contributed by atoms with Crippen molar-refractivity contribution in [2.24, 2.45) is 10.8 Å². The third kappa shape index (κ3) is 21.2. The molecule has 0 atom stereocenters. The van der Waals surface area contributed by atoms with Crippen LogP contribution in [0.5, 0.6) is 0 Å². The van der Waals surface area contributed by atoms with Gasteiger partial charge in [0.05, 0.1) is 52.9 Å². The van der Waals surface area contributed by atoms with E-state index in [-0.39, 0.29) is 21.7 Å². The van der Waals surface area contributed by atoms with Crippen LogP contribution in [0.2, 0.25) is 0 Å². The van der Waals surface area contributed by atoms with E-state index in [9.17, 15) is 0 Å². The fourth-order valence-electron chi connectivity index (χ4n) is 19.2. The quantitative estimate of drug-likeness (QED) is 0.0278. The van der Waals surface area contributed by atoms with E-state index in [1.54, 1.807) is 0 Å².